The summed E-state index contributed by atoms with van der Waals surface area (Å²) in [4.78, 5) is 12.9. The topological polar surface area (TPSA) is 96.9 Å². The van der Waals surface area contributed by atoms with Crippen molar-refractivity contribution >= 4 is 22.5 Å². The molecule has 1 aliphatic heterocycles. The van der Waals surface area contributed by atoms with E-state index < -0.39 is 12.5 Å². The molecule has 10 heteroatoms. The molecule has 8 nitrogen and oxygen atoms in total. The Bertz CT molecular complexity index is 1300. The quantitative estimate of drug-likeness (QED) is 0.395. The summed E-state index contributed by atoms with van der Waals surface area (Å²) in [7, 11) is 0. The first kappa shape index (κ1) is 22.0. The van der Waals surface area contributed by atoms with Crippen molar-refractivity contribution in [2.24, 2.45) is 0 Å². The standard InChI is InChI=1S/C24H24F2N6O2/c1-14(25)34-18-5-3-17(4-6-18)29-24(33)23-19-10-15(2-7-21(19)30-31-23)16-11-28-32(13-16)22-8-9-27-12-20(22)26/h2-7,10-11,13-14,20,22,27H,8-9,12H2,1H3,(H,29,33)(H,30,31). The van der Waals surface area contributed by atoms with Crippen molar-refractivity contribution in [1.29, 1.82) is 0 Å². The van der Waals surface area contributed by atoms with E-state index >= 15 is 0 Å². The van der Waals surface area contributed by atoms with Crippen LogP contribution < -0.4 is 15.4 Å². The number of benzene rings is 2. The summed E-state index contributed by atoms with van der Waals surface area (Å²) in [5.41, 5.74) is 3.16. The zero-order valence-corrected chi connectivity index (χ0v) is 18.5. The lowest BCUT2D eigenvalue weighted by Crippen LogP contribution is -2.39. The van der Waals surface area contributed by atoms with Gasteiger partial charge >= 0.3 is 0 Å². The third-order valence-electron chi connectivity index (χ3n) is 5.84. The Balaban J connectivity index is 1.36. The van der Waals surface area contributed by atoms with Crippen molar-refractivity contribution in [2.45, 2.75) is 31.9 Å². The van der Waals surface area contributed by atoms with Crippen LogP contribution in [0.3, 0.4) is 0 Å². The molecule has 0 radical (unpaired) electrons. The Kier molecular flexibility index (Phi) is 5.97. The van der Waals surface area contributed by atoms with Gasteiger partial charge in [0.2, 0.25) is 6.36 Å². The van der Waals surface area contributed by atoms with Gasteiger partial charge in [-0.1, -0.05) is 6.07 Å². The molecule has 0 saturated carbocycles. The number of anilines is 1. The fraction of sp³-hybridized carbons (Fsp3) is 0.292. The van der Waals surface area contributed by atoms with Gasteiger partial charge in [0.25, 0.3) is 5.91 Å². The number of hydrogen-bond donors (Lipinski definition) is 3. The molecule has 1 aliphatic rings. The number of H-pyrrole nitrogens is 1. The number of carbonyl (C=O) groups is 1. The smallest absolute Gasteiger partial charge is 0.276 e. The van der Waals surface area contributed by atoms with Crippen LogP contribution in [-0.4, -0.2) is 51.5 Å². The van der Waals surface area contributed by atoms with Crippen molar-refractivity contribution in [3.05, 3.63) is 60.6 Å². The molecule has 3 unspecified atom stereocenters. The highest BCUT2D eigenvalue weighted by Crippen LogP contribution is 2.28. The number of amides is 1. The molecule has 0 spiro atoms. The van der Waals surface area contributed by atoms with E-state index in [0.29, 0.717) is 35.3 Å². The minimum Gasteiger partial charge on any atom is -0.461 e. The van der Waals surface area contributed by atoms with E-state index in [2.05, 4.69) is 25.9 Å². The molecule has 3 atom stereocenters. The maximum absolute atomic E-state index is 14.3. The number of ether oxygens (including phenoxy) is 1. The molecule has 3 N–H and O–H groups in total. The molecule has 4 aromatic rings. The predicted molar refractivity (Wildman–Crippen MR) is 124 cm³/mol. The number of aromatic amines is 1. The maximum Gasteiger partial charge on any atom is 0.276 e. The number of nitrogens with zero attached hydrogens (tertiary/aromatic N) is 3. The zero-order chi connectivity index (χ0) is 23.7. The highest BCUT2D eigenvalue weighted by atomic mass is 19.1. The Morgan fingerprint density at radius 2 is 2.06 bits per heavy atom. The third kappa shape index (κ3) is 4.49. The molecule has 0 bridgehead atoms. The Morgan fingerprint density at radius 1 is 1.24 bits per heavy atom. The highest BCUT2D eigenvalue weighted by Gasteiger charge is 2.27. The van der Waals surface area contributed by atoms with Crippen LogP contribution in [0.5, 0.6) is 5.75 Å². The van der Waals surface area contributed by atoms with Crippen LogP contribution in [0, 0.1) is 0 Å². The van der Waals surface area contributed by atoms with E-state index in [1.54, 1.807) is 35.1 Å². The summed E-state index contributed by atoms with van der Waals surface area (Å²) in [6.07, 6.45) is 1.81. The van der Waals surface area contributed by atoms with Crippen LogP contribution in [0.25, 0.3) is 22.0 Å². The van der Waals surface area contributed by atoms with Crippen LogP contribution in [0.4, 0.5) is 14.5 Å². The van der Waals surface area contributed by atoms with E-state index in [1.165, 1.54) is 6.92 Å². The summed E-state index contributed by atoms with van der Waals surface area (Å²) < 4.78 is 33.9. The first-order valence-electron chi connectivity index (χ1n) is 11.1. The predicted octanol–water partition coefficient (Wildman–Crippen LogP) is 4.25. The summed E-state index contributed by atoms with van der Waals surface area (Å²) in [6.45, 7) is 2.37. The molecule has 2 aromatic carbocycles. The number of hydrogen-bond acceptors (Lipinski definition) is 5. The van der Waals surface area contributed by atoms with Gasteiger partial charge in [-0.05, 0) is 54.9 Å². The van der Waals surface area contributed by atoms with E-state index in [1.807, 2.05) is 24.4 Å². The number of alkyl halides is 2. The number of aromatic nitrogens is 4. The average Bonchev–Trinajstić information content (AvgIpc) is 3.47. The Hall–Kier alpha value is -3.79. The van der Waals surface area contributed by atoms with Gasteiger partial charge in [-0.3, -0.25) is 14.6 Å². The lowest BCUT2D eigenvalue weighted by atomic mass is 10.0. The van der Waals surface area contributed by atoms with Crippen LogP contribution >= 0.6 is 0 Å². The second-order valence-electron chi connectivity index (χ2n) is 8.26. The van der Waals surface area contributed by atoms with Crippen LogP contribution in [0.1, 0.15) is 29.9 Å². The van der Waals surface area contributed by atoms with Crippen LogP contribution in [-0.2, 0) is 0 Å². The molecule has 1 fully saturated rings. The fourth-order valence-electron chi connectivity index (χ4n) is 4.13. The van der Waals surface area contributed by atoms with Gasteiger partial charge in [0.05, 0.1) is 17.8 Å². The monoisotopic (exact) mass is 466 g/mol. The van der Waals surface area contributed by atoms with Crippen molar-refractivity contribution in [1.82, 2.24) is 25.3 Å². The molecular formula is C24H24F2N6O2. The van der Waals surface area contributed by atoms with Gasteiger partial charge in [0.15, 0.2) is 5.69 Å². The largest absolute Gasteiger partial charge is 0.461 e. The summed E-state index contributed by atoms with van der Waals surface area (Å²) in [5.74, 6) is -0.0198. The minimum absolute atomic E-state index is 0.240. The highest BCUT2D eigenvalue weighted by molar-refractivity contribution is 6.11. The van der Waals surface area contributed by atoms with Crippen molar-refractivity contribution < 1.29 is 18.3 Å². The van der Waals surface area contributed by atoms with E-state index in [0.717, 1.165) is 17.7 Å². The normalized spacial score (nSPS) is 19.1. The maximum atomic E-state index is 14.3. The first-order chi connectivity index (χ1) is 16.5. The molecule has 0 aliphatic carbocycles. The zero-order valence-electron chi connectivity index (χ0n) is 18.5. The number of nitrogens with one attached hydrogen (secondary N) is 3. The van der Waals surface area contributed by atoms with Gasteiger partial charge in [-0.25, -0.2) is 8.78 Å². The third-order valence-corrected chi connectivity index (χ3v) is 5.84. The lowest BCUT2D eigenvalue weighted by molar-refractivity contribution is 0.0860. The molecular weight excluding hydrogens is 442 g/mol. The Morgan fingerprint density at radius 3 is 2.82 bits per heavy atom. The second-order valence-corrected chi connectivity index (χ2v) is 8.26. The molecule has 5 rings (SSSR count). The minimum atomic E-state index is -1.42. The Labute approximate surface area is 194 Å². The summed E-state index contributed by atoms with van der Waals surface area (Å²) in [5, 5.41) is 17.9. The molecule has 34 heavy (non-hydrogen) atoms. The van der Waals surface area contributed by atoms with Crippen LogP contribution in [0.2, 0.25) is 0 Å². The van der Waals surface area contributed by atoms with Crippen molar-refractivity contribution in [2.75, 3.05) is 18.4 Å². The van der Waals surface area contributed by atoms with Gasteiger partial charge in [-0.2, -0.15) is 10.2 Å². The number of piperidine rings is 1. The molecule has 1 saturated heterocycles. The van der Waals surface area contributed by atoms with E-state index in [9.17, 15) is 13.6 Å². The second kappa shape index (κ2) is 9.22. The summed E-state index contributed by atoms with van der Waals surface area (Å²) >= 11 is 0. The number of fused-ring (bicyclic) bond motifs is 1. The fourth-order valence-corrected chi connectivity index (χ4v) is 4.13. The van der Waals surface area contributed by atoms with Gasteiger partial charge in [0, 0.05) is 36.3 Å². The average molecular weight is 466 g/mol. The number of halogens is 2. The van der Waals surface area contributed by atoms with Gasteiger partial charge in [0.1, 0.15) is 11.9 Å². The van der Waals surface area contributed by atoms with Crippen molar-refractivity contribution in [3.63, 3.8) is 0 Å². The van der Waals surface area contributed by atoms with Crippen LogP contribution in [0.15, 0.2) is 54.9 Å². The van der Waals surface area contributed by atoms with E-state index in [-0.39, 0.29) is 17.6 Å². The number of carbonyl (C=O) groups excluding carboxylic acids is 1. The van der Waals surface area contributed by atoms with Gasteiger partial charge < -0.3 is 15.4 Å². The van der Waals surface area contributed by atoms with Crippen molar-refractivity contribution in [3.8, 4) is 16.9 Å². The molecule has 176 valence electrons. The lowest BCUT2D eigenvalue weighted by Gasteiger charge is -2.26. The first-order valence-corrected chi connectivity index (χ1v) is 11.1. The summed E-state index contributed by atoms with van der Waals surface area (Å²) in [6, 6.07) is 11.7. The molecule has 1 amide bonds. The van der Waals surface area contributed by atoms with Gasteiger partial charge in [-0.15, -0.1) is 0 Å². The number of rotatable bonds is 6. The van der Waals surface area contributed by atoms with E-state index in [4.69, 9.17) is 4.74 Å². The SMILES string of the molecule is CC(F)Oc1ccc(NC(=O)c2n[nH]c3ccc(-c4cnn(C5CCNCC5F)c4)cc23)cc1. The molecule has 2 aromatic heterocycles. The molecule has 3 heterocycles.